The van der Waals surface area contributed by atoms with Crippen molar-refractivity contribution in [2.75, 3.05) is 6.54 Å². The van der Waals surface area contributed by atoms with Gasteiger partial charge in [-0.2, -0.15) is 0 Å². The van der Waals surface area contributed by atoms with E-state index >= 15 is 0 Å². The highest BCUT2D eigenvalue weighted by molar-refractivity contribution is 6.32. The van der Waals surface area contributed by atoms with Crippen LogP contribution in [-0.4, -0.2) is 12.1 Å². The fourth-order valence-electron chi connectivity index (χ4n) is 2.10. The van der Waals surface area contributed by atoms with Crippen LogP contribution in [0.15, 0.2) is 12.1 Å². The molecule has 2 N–H and O–H groups in total. The molecule has 2 rings (SSSR count). The van der Waals surface area contributed by atoms with Gasteiger partial charge in [0.25, 0.3) is 0 Å². The normalized spacial score (nSPS) is 17.8. The second-order valence-corrected chi connectivity index (χ2v) is 5.29. The van der Waals surface area contributed by atoms with Crippen molar-refractivity contribution < 1.29 is 4.74 Å². The third-order valence-corrected chi connectivity index (χ3v) is 3.53. The van der Waals surface area contributed by atoms with Crippen molar-refractivity contribution in [2.24, 2.45) is 5.73 Å². The lowest BCUT2D eigenvalue weighted by molar-refractivity contribution is 0.0847. The van der Waals surface area contributed by atoms with Crippen LogP contribution in [0.2, 0.25) is 5.02 Å². The van der Waals surface area contributed by atoms with Gasteiger partial charge in [-0.05, 0) is 51.3 Å². The second-order valence-electron chi connectivity index (χ2n) is 4.92. The van der Waals surface area contributed by atoms with Gasteiger partial charge in [0.05, 0.1) is 5.02 Å². The maximum atomic E-state index is 6.36. The summed E-state index contributed by atoms with van der Waals surface area (Å²) in [4.78, 5) is 0. The number of nitrogens with two attached hydrogens (primary N) is 1. The Kier molecular flexibility index (Phi) is 3.13. The molecule has 0 radical (unpaired) electrons. The Labute approximate surface area is 102 Å². The molecule has 0 amide bonds. The molecule has 0 aliphatic carbocycles. The fraction of sp³-hybridized carbons (Fsp3) is 0.538. The predicted molar refractivity (Wildman–Crippen MR) is 67.2 cm³/mol. The molecular weight excluding hydrogens is 222 g/mol. The van der Waals surface area contributed by atoms with Gasteiger partial charge >= 0.3 is 0 Å². The molecule has 1 aliphatic heterocycles. The molecule has 1 aromatic carbocycles. The van der Waals surface area contributed by atoms with E-state index in [4.69, 9.17) is 22.1 Å². The lowest BCUT2D eigenvalue weighted by Crippen LogP contribution is -2.32. The number of rotatable bonds is 2. The Morgan fingerprint density at radius 2 is 2.19 bits per heavy atom. The van der Waals surface area contributed by atoms with Crippen LogP contribution in [0.1, 0.15) is 31.4 Å². The van der Waals surface area contributed by atoms with Crippen molar-refractivity contribution in [1.82, 2.24) is 0 Å². The number of benzene rings is 1. The van der Waals surface area contributed by atoms with Gasteiger partial charge in [-0.15, -0.1) is 0 Å². The lowest BCUT2D eigenvalue weighted by atomic mass is 9.93. The first-order chi connectivity index (χ1) is 7.53. The highest BCUT2D eigenvalue weighted by Crippen LogP contribution is 2.38. The molecule has 3 heteroatoms. The van der Waals surface area contributed by atoms with E-state index in [0.717, 1.165) is 41.2 Å². The van der Waals surface area contributed by atoms with Crippen LogP contribution in [0, 0.1) is 0 Å². The standard InChI is InChI=1S/C13H18ClNO/c1-13(2)7-5-10-11(16-13)4-3-9(6-8-15)12(10)14/h3-4H,5-8,15H2,1-2H3. The summed E-state index contributed by atoms with van der Waals surface area (Å²) >= 11 is 6.36. The first-order valence-electron chi connectivity index (χ1n) is 5.73. The predicted octanol–water partition coefficient (Wildman–Crippen LogP) is 2.94. The quantitative estimate of drug-likeness (QED) is 0.861. The van der Waals surface area contributed by atoms with Crippen LogP contribution < -0.4 is 10.5 Å². The molecule has 88 valence electrons. The first-order valence-corrected chi connectivity index (χ1v) is 6.10. The zero-order chi connectivity index (χ0) is 11.8. The molecule has 1 heterocycles. The van der Waals surface area contributed by atoms with Gasteiger partial charge in [-0.25, -0.2) is 0 Å². The van der Waals surface area contributed by atoms with Gasteiger partial charge < -0.3 is 10.5 Å². The van der Waals surface area contributed by atoms with Gasteiger partial charge in [-0.1, -0.05) is 17.7 Å². The fourth-order valence-corrected chi connectivity index (χ4v) is 2.45. The van der Waals surface area contributed by atoms with Crippen molar-refractivity contribution in [3.05, 3.63) is 28.3 Å². The summed E-state index contributed by atoms with van der Waals surface area (Å²) in [6.45, 7) is 4.85. The molecule has 0 saturated heterocycles. The second kappa shape index (κ2) is 4.27. The largest absolute Gasteiger partial charge is 0.488 e. The third kappa shape index (κ3) is 2.18. The van der Waals surface area contributed by atoms with E-state index in [-0.39, 0.29) is 5.60 Å². The first kappa shape index (κ1) is 11.7. The Morgan fingerprint density at radius 3 is 2.88 bits per heavy atom. The Hall–Kier alpha value is -0.730. The SMILES string of the molecule is CC1(C)CCc2c(ccc(CCN)c2Cl)O1. The van der Waals surface area contributed by atoms with E-state index in [2.05, 4.69) is 13.8 Å². The summed E-state index contributed by atoms with van der Waals surface area (Å²) in [7, 11) is 0. The van der Waals surface area contributed by atoms with Crippen LogP contribution in [0.5, 0.6) is 5.75 Å². The maximum absolute atomic E-state index is 6.36. The number of hydrogen-bond donors (Lipinski definition) is 1. The van der Waals surface area contributed by atoms with Gasteiger partial charge in [0.1, 0.15) is 11.4 Å². The molecule has 0 spiro atoms. The van der Waals surface area contributed by atoms with Gasteiger partial charge in [0.2, 0.25) is 0 Å². The van der Waals surface area contributed by atoms with Crippen molar-refractivity contribution >= 4 is 11.6 Å². The molecule has 2 nitrogen and oxygen atoms in total. The molecule has 0 fully saturated rings. The zero-order valence-electron chi connectivity index (χ0n) is 9.85. The van der Waals surface area contributed by atoms with E-state index in [0.29, 0.717) is 6.54 Å². The van der Waals surface area contributed by atoms with Crippen LogP contribution in [-0.2, 0) is 12.8 Å². The van der Waals surface area contributed by atoms with Crippen LogP contribution >= 0.6 is 11.6 Å². The summed E-state index contributed by atoms with van der Waals surface area (Å²) in [5, 5.41) is 0.846. The molecule has 16 heavy (non-hydrogen) atoms. The molecule has 0 unspecified atom stereocenters. The van der Waals surface area contributed by atoms with E-state index < -0.39 is 0 Å². The number of fused-ring (bicyclic) bond motifs is 1. The monoisotopic (exact) mass is 239 g/mol. The molecule has 0 atom stereocenters. The summed E-state index contributed by atoms with van der Waals surface area (Å²) in [5.41, 5.74) is 7.76. The smallest absolute Gasteiger partial charge is 0.124 e. The van der Waals surface area contributed by atoms with E-state index in [1.54, 1.807) is 0 Å². The average molecular weight is 240 g/mol. The Balaban J connectivity index is 2.37. The van der Waals surface area contributed by atoms with Gasteiger partial charge in [0.15, 0.2) is 0 Å². The van der Waals surface area contributed by atoms with E-state index in [9.17, 15) is 0 Å². The Bertz CT molecular complexity index is 401. The molecule has 0 bridgehead atoms. The molecule has 0 aromatic heterocycles. The lowest BCUT2D eigenvalue weighted by Gasteiger charge is -2.33. The van der Waals surface area contributed by atoms with Crippen molar-refractivity contribution in [3.63, 3.8) is 0 Å². The van der Waals surface area contributed by atoms with Crippen LogP contribution in [0.25, 0.3) is 0 Å². The van der Waals surface area contributed by atoms with Crippen LogP contribution in [0.4, 0.5) is 0 Å². The minimum Gasteiger partial charge on any atom is -0.488 e. The number of ether oxygens (including phenoxy) is 1. The highest BCUT2D eigenvalue weighted by Gasteiger charge is 2.28. The number of hydrogen-bond acceptors (Lipinski definition) is 2. The average Bonchev–Trinajstić information content (AvgIpc) is 2.21. The Morgan fingerprint density at radius 1 is 1.44 bits per heavy atom. The minimum atomic E-state index is -0.0777. The third-order valence-electron chi connectivity index (χ3n) is 3.06. The molecule has 1 aromatic rings. The molecular formula is C13H18ClNO. The summed E-state index contributed by atoms with van der Waals surface area (Å²) in [6, 6.07) is 4.04. The van der Waals surface area contributed by atoms with Crippen molar-refractivity contribution in [1.29, 1.82) is 0 Å². The molecule has 1 aliphatic rings. The van der Waals surface area contributed by atoms with Gasteiger partial charge in [0, 0.05) is 5.56 Å². The topological polar surface area (TPSA) is 35.2 Å². The summed E-state index contributed by atoms with van der Waals surface area (Å²) in [5.74, 6) is 0.932. The summed E-state index contributed by atoms with van der Waals surface area (Å²) in [6.07, 6.45) is 2.82. The van der Waals surface area contributed by atoms with E-state index in [1.165, 1.54) is 0 Å². The minimum absolute atomic E-state index is 0.0777. The maximum Gasteiger partial charge on any atom is 0.124 e. The molecule has 0 saturated carbocycles. The summed E-state index contributed by atoms with van der Waals surface area (Å²) < 4.78 is 5.92. The van der Waals surface area contributed by atoms with Crippen molar-refractivity contribution in [3.8, 4) is 5.75 Å². The van der Waals surface area contributed by atoms with Crippen molar-refractivity contribution in [2.45, 2.75) is 38.7 Å². The van der Waals surface area contributed by atoms with Crippen LogP contribution in [0.3, 0.4) is 0 Å². The number of halogens is 1. The highest BCUT2D eigenvalue weighted by atomic mass is 35.5. The van der Waals surface area contributed by atoms with Gasteiger partial charge in [-0.3, -0.25) is 0 Å². The van der Waals surface area contributed by atoms with E-state index in [1.807, 2.05) is 12.1 Å². The zero-order valence-corrected chi connectivity index (χ0v) is 10.6.